The van der Waals surface area contributed by atoms with Crippen LogP contribution in [0.5, 0.6) is 0 Å². The molecule has 0 unspecified atom stereocenters. The van der Waals surface area contributed by atoms with Gasteiger partial charge in [-0.05, 0) is 33.4 Å². The third-order valence-electron chi connectivity index (χ3n) is 4.55. The van der Waals surface area contributed by atoms with Crippen LogP contribution in [0.3, 0.4) is 0 Å². The Morgan fingerprint density at radius 3 is 2.65 bits per heavy atom. The molecule has 5 atom stereocenters. The number of fused-ring (bicyclic) bond motifs is 1. The minimum absolute atomic E-state index is 0.0228. The second-order valence-corrected chi connectivity index (χ2v) is 8.06. The van der Waals surface area contributed by atoms with E-state index in [1.807, 2.05) is 0 Å². The number of amides is 1. The van der Waals surface area contributed by atoms with Crippen LogP contribution in [0, 0.1) is 0 Å². The van der Waals surface area contributed by atoms with Gasteiger partial charge in [0.25, 0.3) is 0 Å². The van der Waals surface area contributed by atoms with Gasteiger partial charge in [0.2, 0.25) is 11.0 Å². The maximum Gasteiger partial charge on any atom is 0.217 e. The molecule has 1 saturated heterocycles. The van der Waals surface area contributed by atoms with Gasteiger partial charge in [0, 0.05) is 12.4 Å². The predicted molar refractivity (Wildman–Crippen MR) is 96.4 cm³/mol. The van der Waals surface area contributed by atoms with Gasteiger partial charge in [0.15, 0.2) is 16.4 Å². The molecular formula is C16H18BrClN2O6. The Hall–Kier alpha value is -1.20. The summed E-state index contributed by atoms with van der Waals surface area (Å²) in [5, 5.41) is 42.9. The number of aromatic amines is 1. The summed E-state index contributed by atoms with van der Waals surface area (Å²) >= 11 is 9.25. The van der Waals surface area contributed by atoms with Crippen LogP contribution in [-0.4, -0.2) is 59.8 Å². The second-order valence-electron chi connectivity index (χ2n) is 6.23. The third kappa shape index (κ3) is 2.66. The van der Waals surface area contributed by atoms with Crippen molar-refractivity contribution in [3.05, 3.63) is 36.0 Å². The van der Waals surface area contributed by atoms with Gasteiger partial charge in [0.1, 0.15) is 6.04 Å². The molecule has 0 bridgehead atoms. The van der Waals surface area contributed by atoms with Crippen LogP contribution in [0.25, 0.3) is 10.9 Å². The summed E-state index contributed by atoms with van der Waals surface area (Å²) in [5.41, 5.74) is -1.80. The Balaban J connectivity index is 2.25. The van der Waals surface area contributed by atoms with Crippen LogP contribution in [0.2, 0.25) is 0 Å². The number of H-pyrrole nitrogens is 1. The van der Waals surface area contributed by atoms with Crippen molar-refractivity contribution in [3.8, 4) is 0 Å². The summed E-state index contributed by atoms with van der Waals surface area (Å²) in [5.74, 6) is -0.592. The maximum atomic E-state index is 11.6. The summed E-state index contributed by atoms with van der Waals surface area (Å²) < 4.78 is 3.09. The highest BCUT2D eigenvalue weighted by Crippen LogP contribution is 2.54. The lowest BCUT2D eigenvalue weighted by molar-refractivity contribution is -0.317. The highest BCUT2D eigenvalue weighted by molar-refractivity contribution is 9.10. The molecule has 26 heavy (non-hydrogen) atoms. The predicted octanol–water partition coefficient (Wildman–Crippen LogP) is 0.220. The minimum Gasteiger partial charge on any atom is -0.392 e. The van der Waals surface area contributed by atoms with E-state index in [-0.39, 0.29) is 5.69 Å². The molecular weight excluding hydrogens is 432 g/mol. The number of ether oxygens (including phenoxy) is 1. The third-order valence-corrected chi connectivity index (χ3v) is 6.38. The summed E-state index contributed by atoms with van der Waals surface area (Å²) in [4.78, 5) is 14.5. The molecule has 2 heterocycles. The van der Waals surface area contributed by atoms with Gasteiger partial charge in [-0.3, -0.25) is 4.79 Å². The van der Waals surface area contributed by atoms with Gasteiger partial charge in [-0.25, -0.2) is 0 Å². The normalized spacial score (nSPS) is 37.7. The number of aliphatic hydroxyl groups is 4. The van der Waals surface area contributed by atoms with Crippen molar-refractivity contribution in [1.82, 2.24) is 10.3 Å². The average Bonchev–Trinajstić information content (AvgIpc) is 3.01. The maximum absolute atomic E-state index is 11.6. The van der Waals surface area contributed by atoms with Crippen molar-refractivity contribution >= 4 is 44.3 Å². The summed E-state index contributed by atoms with van der Waals surface area (Å²) in [6.45, 7) is 0.299. The second kappa shape index (κ2) is 6.45. The number of hydrogen-bond acceptors (Lipinski definition) is 6. The van der Waals surface area contributed by atoms with Gasteiger partial charge in [0.05, 0.1) is 12.3 Å². The number of benzene rings is 1. The zero-order chi connectivity index (χ0) is 19.3. The quantitative estimate of drug-likeness (QED) is 0.371. The lowest BCUT2D eigenvalue weighted by Gasteiger charge is -2.55. The highest BCUT2D eigenvalue weighted by Gasteiger charge is 2.72. The fourth-order valence-corrected chi connectivity index (χ4v) is 4.01. The first kappa shape index (κ1) is 19.6. The molecule has 0 aliphatic carbocycles. The Labute approximate surface area is 161 Å². The monoisotopic (exact) mass is 448 g/mol. The van der Waals surface area contributed by atoms with Gasteiger partial charge in [-0.2, -0.15) is 0 Å². The molecule has 1 aliphatic rings. The van der Waals surface area contributed by atoms with Gasteiger partial charge < -0.3 is 35.5 Å². The number of halogens is 2. The molecule has 1 amide bonds. The average molecular weight is 450 g/mol. The van der Waals surface area contributed by atoms with E-state index in [1.54, 1.807) is 24.3 Å². The highest BCUT2D eigenvalue weighted by atomic mass is 79.9. The molecule has 1 aliphatic heterocycles. The summed E-state index contributed by atoms with van der Waals surface area (Å²) in [6.07, 6.45) is -1.79. The molecule has 1 aromatic heterocycles. The molecule has 0 spiro atoms. The Kier molecular flexibility index (Phi) is 4.85. The molecule has 10 heteroatoms. The molecule has 3 rings (SSSR count). The molecule has 2 aromatic rings. The van der Waals surface area contributed by atoms with E-state index in [2.05, 4.69) is 26.2 Å². The zero-order valence-electron chi connectivity index (χ0n) is 13.6. The fourth-order valence-electron chi connectivity index (χ4n) is 3.20. The lowest BCUT2D eigenvalue weighted by Crippen LogP contribution is -2.77. The van der Waals surface area contributed by atoms with Gasteiger partial charge in [-0.1, -0.05) is 29.8 Å². The fraction of sp³-hybridized carbons (Fsp3) is 0.438. The molecule has 8 nitrogen and oxygen atoms in total. The Bertz CT molecular complexity index is 812. The number of rotatable bonds is 3. The number of aromatic nitrogens is 1. The van der Waals surface area contributed by atoms with Crippen LogP contribution >= 0.6 is 27.5 Å². The van der Waals surface area contributed by atoms with Crippen molar-refractivity contribution in [2.24, 2.45) is 0 Å². The smallest absolute Gasteiger partial charge is 0.217 e. The van der Waals surface area contributed by atoms with E-state index in [1.165, 1.54) is 13.0 Å². The summed E-state index contributed by atoms with van der Waals surface area (Å²) in [6, 6.07) is 7.05. The van der Waals surface area contributed by atoms with Gasteiger partial charge in [-0.15, -0.1) is 0 Å². The molecule has 0 saturated carbocycles. The van der Waals surface area contributed by atoms with Crippen LogP contribution in [0.1, 0.15) is 12.6 Å². The molecule has 6 N–H and O–H groups in total. The van der Waals surface area contributed by atoms with Crippen LogP contribution in [-0.2, 0) is 15.1 Å². The molecule has 142 valence electrons. The van der Waals surface area contributed by atoms with E-state index in [9.17, 15) is 25.2 Å². The number of carbonyl (C=O) groups is 1. The number of carbonyl (C=O) groups excluding carboxylic acids is 1. The first-order chi connectivity index (χ1) is 12.1. The SMILES string of the molecule is CC(=O)N[C@H]1[C@H](O)O[C@](Br)(CO)[C@](O)(Cl)[C@@]1(O)c1cc2ccccc2[nH]1. The molecule has 1 fully saturated rings. The van der Waals surface area contributed by atoms with Crippen molar-refractivity contribution in [1.29, 1.82) is 0 Å². The minimum atomic E-state index is -2.68. The largest absolute Gasteiger partial charge is 0.392 e. The Morgan fingerprint density at radius 1 is 1.42 bits per heavy atom. The van der Waals surface area contributed by atoms with Crippen LogP contribution < -0.4 is 5.32 Å². The van der Waals surface area contributed by atoms with Crippen LogP contribution in [0.15, 0.2) is 30.3 Å². The van der Waals surface area contributed by atoms with E-state index < -0.39 is 40.0 Å². The van der Waals surface area contributed by atoms with Crippen molar-refractivity contribution in [2.75, 3.05) is 6.61 Å². The van der Waals surface area contributed by atoms with Crippen molar-refractivity contribution < 1.29 is 30.0 Å². The van der Waals surface area contributed by atoms with E-state index in [4.69, 9.17) is 16.3 Å². The van der Waals surface area contributed by atoms with Crippen molar-refractivity contribution in [3.63, 3.8) is 0 Å². The molecule has 0 radical (unpaired) electrons. The Morgan fingerprint density at radius 2 is 2.08 bits per heavy atom. The number of alkyl halides is 2. The first-order valence-corrected chi connectivity index (χ1v) is 8.88. The molecule has 1 aromatic carbocycles. The van der Waals surface area contributed by atoms with Crippen LogP contribution in [0.4, 0.5) is 0 Å². The van der Waals surface area contributed by atoms with E-state index in [0.29, 0.717) is 10.9 Å². The standard InChI is InChI=1S/C16H18BrClN2O6/c1-8(22)19-12-13(23)26-14(17,7-21)16(18,25)15(12,24)11-6-9-4-2-3-5-10(9)20-11/h2-6,12-13,20-21,23-25H,7H2,1H3,(H,19,22)/t12-,13+,14+,15+,16+/m0/s1. The van der Waals surface area contributed by atoms with E-state index >= 15 is 0 Å². The van der Waals surface area contributed by atoms with Crippen molar-refractivity contribution in [2.45, 2.75) is 34.4 Å². The lowest BCUT2D eigenvalue weighted by atomic mass is 9.79. The number of aliphatic hydroxyl groups excluding tert-OH is 2. The number of hydrogen-bond donors (Lipinski definition) is 6. The van der Waals surface area contributed by atoms with E-state index in [0.717, 1.165) is 0 Å². The van der Waals surface area contributed by atoms with Gasteiger partial charge >= 0.3 is 0 Å². The first-order valence-electron chi connectivity index (χ1n) is 7.71. The summed E-state index contributed by atoms with van der Waals surface area (Å²) in [7, 11) is 0. The zero-order valence-corrected chi connectivity index (χ0v) is 16.0. The number of para-hydroxylation sites is 1. The topological polar surface area (TPSA) is 135 Å². The number of nitrogens with one attached hydrogen (secondary N) is 2.